The monoisotopic (exact) mass is 157 g/mol. The van der Waals surface area contributed by atoms with E-state index in [2.05, 4.69) is 10.1 Å². The van der Waals surface area contributed by atoms with Crippen molar-refractivity contribution in [2.45, 2.75) is 13.0 Å². The van der Waals surface area contributed by atoms with Crippen LogP contribution >= 0.6 is 0 Å². The van der Waals surface area contributed by atoms with E-state index < -0.39 is 5.97 Å². The van der Waals surface area contributed by atoms with Crippen LogP contribution in [0.4, 0.5) is 0 Å². The molecule has 0 aliphatic heterocycles. The predicted molar refractivity (Wildman–Crippen MR) is 35.1 cm³/mol. The second-order valence-corrected chi connectivity index (χ2v) is 1.96. The first-order chi connectivity index (χ1) is 5.20. The van der Waals surface area contributed by atoms with Crippen molar-refractivity contribution < 1.29 is 9.90 Å². The number of carboxylic acids is 1. The summed E-state index contributed by atoms with van der Waals surface area (Å²) in [5.74, 6) is -0.945. The third-order valence-corrected chi connectivity index (χ3v) is 1.16. The lowest BCUT2D eigenvalue weighted by atomic mass is 10.4. The van der Waals surface area contributed by atoms with Gasteiger partial charge in [0.1, 0.15) is 6.33 Å². The Balaban J connectivity index is 2.58. The molecular weight excluding hydrogens is 150 g/mol. The van der Waals surface area contributed by atoms with E-state index in [4.69, 9.17) is 5.11 Å². The van der Waals surface area contributed by atoms with Crippen molar-refractivity contribution in [1.29, 1.82) is 0 Å². The molecule has 60 valence electrons. The Labute approximate surface area is 61.5 Å². The Hall–Kier alpha value is -1.59. The Bertz CT molecular complexity index is 300. The standard InChI is InChI=1S/C5H7N3O3/c9-4(10)1-2-8-5(11)6-3-7-8/h3H,1-2H2,(H,9,10)(H,6,7,11). The average Bonchev–Trinajstić information content (AvgIpc) is 2.31. The van der Waals surface area contributed by atoms with Gasteiger partial charge in [-0.3, -0.25) is 9.78 Å². The number of rotatable bonds is 3. The molecule has 1 rings (SSSR count). The van der Waals surface area contributed by atoms with Crippen LogP contribution in [-0.2, 0) is 11.3 Å². The summed E-state index contributed by atoms with van der Waals surface area (Å²) in [6.07, 6.45) is 1.13. The molecule has 0 saturated heterocycles. The quantitative estimate of drug-likeness (QED) is 0.591. The summed E-state index contributed by atoms with van der Waals surface area (Å²) in [5.41, 5.74) is -0.383. The van der Waals surface area contributed by atoms with Crippen LogP contribution in [0, 0.1) is 0 Å². The minimum atomic E-state index is -0.945. The fraction of sp³-hybridized carbons (Fsp3) is 0.400. The van der Waals surface area contributed by atoms with Gasteiger partial charge in [-0.15, -0.1) is 0 Å². The van der Waals surface area contributed by atoms with E-state index in [-0.39, 0.29) is 18.7 Å². The second-order valence-electron chi connectivity index (χ2n) is 1.96. The fourth-order valence-electron chi connectivity index (χ4n) is 0.642. The maximum atomic E-state index is 10.7. The summed E-state index contributed by atoms with van der Waals surface area (Å²) in [5, 5.41) is 11.8. The van der Waals surface area contributed by atoms with E-state index in [9.17, 15) is 9.59 Å². The largest absolute Gasteiger partial charge is 0.481 e. The lowest BCUT2D eigenvalue weighted by Crippen LogP contribution is -2.19. The van der Waals surface area contributed by atoms with Crippen LogP contribution in [0.1, 0.15) is 6.42 Å². The number of H-pyrrole nitrogens is 1. The van der Waals surface area contributed by atoms with Crippen LogP contribution in [0.15, 0.2) is 11.1 Å². The van der Waals surface area contributed by atoms with Crippen molar-refractivity contribution in [3.05, 3.63) is 16.8 Å². The van der Waals surface area contributed by atoms with E-state index in [1.807, 2.05) is 0 Å². The van der Waals surface area contributed by atoms with Crippen LogP contribution in [0.5, 0.6) is 0 Å². The zero-order valence-corrected chi connectivity index (χ0v) is 5.65. The number of aliphatic carboxylic acids is 1. The van der Waals surface area contributed by atoms with Gasteiger partial charge in [0.15, 0.2) is 0 Å². The van der Waals surface area contributed by atoms with E-state index in [1.165, 1.54) is 6.33 Å². The summed E-state index contributed by atoms with van der Waals surface area (Å²) in [6.45, 7) is 0.109. The predicted octanol–water partition coefficient (Wildman–Crippen LogP) is -0.954. The van der Waals surface area contributed by atoms with Gasteiger partial charge in [0, 0.05) is 0 Å². The van der Waals surface area contributed by atoms with Crippen molar-refractivity contribution in [2.24, 2.45) is 0 Å². The number of nitrogens with one attached hydrogen (secondary N) is 1. The number of aromatic amines is 1. The van der Waals surface area contributed by atoms with Gasteiger partial charge in [-0.1, -0.05) is 0 Å². The molecule has 11 heavy (non-hydrogen) atoms. The third-order valence-electron chi connectivity index (χ3n) is 1.16. The molecule has 0 unspecified atom stereocenters. The Morgan fingerprint density at radius 1 is 1.82 bits per heavy atom. The topological polar surface area (TPSA) is 88.0 Å². The van der Waals surface area contributed by atoms with Gasteiger partial charge in [-0.05, 0) is 0 Å². The smallest absolute Gasteiger partial charge is 0.343 e. The highest BCUT2D eigenvalue weighted by atomic mass is 16.4. The average molecular weight is 157 g/mol. The van der Waals surface area contributed by atoms with Crippen LogP contribution in [0.2, 0.25) is 0 Å². The molecule has 0 aliphatic rings. The molecule has 1 aromatic heterocycles. The molecule has 6 heteroatoms. The summed E-state index contributed by atoms with van der Waals surface area (Å²) >= 11 is 0. The van der Waals surface area contributed by atoms with Gasteiger partial charge in [0.2, 0.25) is 0 Å². The third kappa shape index (κ3) is 1.92. The molecular formula is C5H7N3O3. The minimum absolute atomic E-state index is 0.0925. The SMILES string of the molecule is O=C(O)CCn1nc[nH]c1=O. The van der Waals surface area contributed by atoms with Crippen molar-refractivity contribution in [2.75, 3.05) is 0 Å². The zero-order chi connectivity index (χ0) is 8.27. The Morgan fingerprint density at radius 3 is 3.00 bits per heavy atom. The number of hydrogen-bond donors (Lipinski definition) is 2. The molecule has 0 radical (unpaired) electrons. The molecule has 0 bridgehead atoms. The van der Waals surface area contributed by atoms with Crippen molar-refractivity contribution in [1.82, 2.24) is 14.8 Å². The first-order valence-electron chi connectivity index (χ1n) is 3.02. The van der Waals surface area contributed by atoms with E-state index in [1.54, 1.807) is 0 Å². The van der Waals surface area contributed by atoms with Gasteiger partial charge in [0.25, 0.3) is 0 Å². The molecule has 0 saturated carbocycles. The van der Waals surface area contributed by atoms with Gasteiger partial charge in [-0.25, -0.2) is 9.48 Å². The van der Waals surface area contributed by atoms with Gasteiger partial charge < -0.3 is 5.11 Å². The lowest BCUT2D eigenvalue weighted by molar-refractivity contribution is -0.137. The lowest BCUT2D eigenvalue weighted by Gasteiger charge is -1.92. The maximum Gasteiger partial charge on any atom is 0.343 e. The maximum absolute atomic E-state index is 10.7. The molecule has 0 atom stereocenters. The summed E-state index contributed by atoms with van der Waals surface area (Å²) in [7, 11) is 0. The number of nitrogens with zero attached hydrogens (tertiary/aromatic N) is 2. The second kappa shape index (κ2) is 3.00. The van der Waals surface area contributed by atoms with Crippen molar-refractivity contribution >= 4 is 5.97 Å². The van der Waals surface area contributed by atoms with E-state index >= 15 is 0 Å². The molecule has 6 nitrogen and oxygen atoms in total. The molecule has 0 amide bonds. The van der Waals surface area contributed by atoms with Gasteiger partial charge in [-0.2, -0.15) is 5.10 Å². The van der Waals surface area contributed by atoms with Gasteiger partial charge in [0.05, 0.1) is 13.0 Å². The first kappa shape index (κ1) is 7.52. The molecule has 1 heterocycles. The van der Waals surface area contributed by atoms with Gasteiger partial charge >= 0.3 is 11.7 Å². The molecule has 0 aliphatic carbocycles. The molecule has 0 spiro atoms. The molecule has 0 aromatic carbocycles. The highest BCUT2D eigenvalue weighted by Crippen LogP contribution is 1.81. The van der Waals surface area contributed by atoms with Crippen molar-refractivity contribution in [3.8, 4) is 0 Å². The van der Waals surface area contributed by atoms with E-state index in [0.29, 0.717) is 0 Å². The number of carbonyl (C=O) groups is 1. The number of aryl methyl sites for hydroxylation is 1. The van der Waals surface area contributed by atoms with Crippen LogP contribution in [-0.4, -0.2) is 25.8 Å². The van der Waals surface area contributed by atoms with Crippen molar-refractivity contribution in [3.63, 3.8) is 0 Å². The fourth-order valence-corrected chi connectivity index (χ4v) is 0.642. The van der Waals surface area contributed by atoms with Crippen LogP contribution < -0.4 is 5.69 Å². The highest BCUT2D eigenvalue weighted by molar-refractivity contribution is 5.66. The highest BCUT2D eigenvalue weighted by Gasteiger charge is 2.00. The summed E-state index contributed by atoms with van der Waals surface area (Å²) < 4.78 is 1.06. The van der Waals surface area contributed by atoms with E-state index in [0.717, 1.165) is 4.68 Å². The number of hydrogen-bond acceptors (Lipinski definition) is 3. The number of aromatic nitrogens is 3. The van der Waals surface area contributed by atoms with Crippen LogP contribution in [0.3, 0.4) is 0 Å². The summed E-state index contributed by atoms with van der Waals surface area (Å²) in [4.78, 5) is 23.0. The molecule has 1 aromatic rings. The number of carboxylic acid groups (broad SMARTS) is 1. The molecule has 2 N–H and O–H groups in total. The molecule has 0 fully saturated rings. The zero-order valence-electron chi connectivity index (χ0n) is 5.65. The van der Waals surface area contributed by atoms with Crippen LogP contribution in [0.25, 0.3) is 0 Å². The Kier molecular flexibility index (Phi) is 2.05. The minimum Gasteiger partial charge on any atom is -0.481 e. The Morgan fingerprint density at radius 2 is 2.55 bits per heavy atom. The normalized spacial score (nSPS) is 9.82. The first-order valence-corrected chi connectivity index (χ1v) is 3.02. The summed E-state index contributed by atoms with van der Waals surface area (Å²) in [6, 6.07) is 0.